The summed E-state index contributed by atoms with van der Waals surface area (Å²) in [4.78, 5) is 32.2. The number of methoxy groups -OCH3 is 1. The summed E-state index contributed by atoms with van der Waals surface area (Å²) in [6.07, 6.45) is 11.0. The number of amides is 2. The molecule has 0 atom stereocenters. The number of rotatable bonds is 15. The smallest absolute Gasteiger partial charge is 0.227 e. The average molecular weight is 520 g/mol. The minimum absolute atomic E-state index is 0.123. The van der Waals surface area contributed by atoms with E-state index in [1.165, 1.54) is 19.3 Å². The Morgan fingerprint density at radius 2 is 1.63 bits per heavy atom. The molecular formula is C32H45N3O3. The van der Waals surface area contributed by atoms with E-state index in [4.69, 9.17) is 4.74 Å². The predicted octanol–water partition coefficient (Wildman–Crippen LogP) is 5.28. The first-order valence-electron chi connectivity index (χ1n) is 14.2. The molecule has 206 valence electrons. The summed E-state index contributed by atoms with van der Waals surface area (Å²) in [7, 11) is 1.67. The van der Waals surface area contributed by atoms with Crippen LogP contribution in [0.3, 0.4) is 0 Å². The SMILES string of the molecule is CCCCCCCC(=O)N1CCN(CCN(CC=Cc2ccccc2OC)C(=O)Cc2ccccc2)CC1. The van der Waals surface area contributed by atoms with Crippen molar-refractivity contribution in [3.05, 3.63) is 71.8 Å². The molecule has 0 aliphatic carbocycles. The summed E-state index contributed by atoms with van der Waals surface area (Å²) >= 11 is 0. The van der Waals surface area contributed by atoms with Crippen LogP contribution < -0.4 is 4.74 Å². The number of carbonyl (C=O) groups is 2. The summed E-state index contributed by atoms with van der Waals surface area (Å²) in [6, 6.07) is 17.8. The molecule has 2 aromatic rings. The lowest BCUT2D eigenvalue weighted by molar-refractivity contribution is -0.133. The highest BCUT2D eigenvalue weighted by Crippen LogP contribution is 2.18. The van der Waals surface area contributed by atoms with E-state index in [9.17, 15) is 9.59 Å². The molecule has 1 aliphatic heterocycles. The van der Waals surface area contributed by atoms with E-state index in [2.05, 4.69) is 11.8 Å². The Kier molecular flexibility index (Phi) is 12.9. The van der Waals surface area contributed by atoms with Gasteiger partial charge >= 0.3 is 0 Å². The molecule has 1 fully saturated rings. The lowest BCUT2D eigenvalue weighted by atomic mass is 10.1. The first-order valence-corrected chi connectivity index (χ1v) is 14.2. The maximum absolute atomic E-state index is 13.3. The molecule has 6 heteroatoms. The van der Waals surface area contributed by atoms with Crippen LogP contribution in [0.1, 0.15) is 56.6 Å². The zero-order chi connectivity index (χ0) is 27.0. The van der Waals surface area contributed by atoms with Crippen LogP contribution in [-0.4, -0.2) is 79.4 Å². The minimum atomic E-state index is 0.123. The van der Waals surface area contributed by atoms with Gasteiger partial charge in [0.2, 0.25) is 11.8 Å². The fourth-order valence-corrected chi connectivity index (χ4v) is 4.83. The Labute approximate surface area is 229 Å². The van der Waals surface area contributed by atoms with Gasteiger partial charge < -0.3 is 14.5 Å². The summed E-state index contributed by atoms with van der Waals surface area (Å²) < 4.78 is 5.45. The Balaban J connectivity index is 1.51. The van der Waals surface area contributed by atoms with Gasteiger partial charge in [-0.05, 0) is 18.1 Å². The molecule has 0 aromatic heterocycles. The molecule has 1 heterocycles. The largest absolute Gasteiger partial charge is 0.496 e. The zero-order valence-electron chi connectivity index (χ0n) is 23.3. The van der Waals surface area contributed by atoms with Gasteiger partial charge in [0.15, 0.2) is 0 Å². The van der Waals surface area contributed by atoms with Crippen LogP contribution in [0, 0.1) is 0 Å². The second-order valence-corrected chi connectivity index (χ2v) is 10.0. The van der Waals surface area contributed by atoms with Crippen molar-refractivity contribution in [2.45, 2.75) is 51.9 Å². The second kappa shape index (κ2) is 16.7. The number of para-hydroxylation sites is 1. The highest BCUT2D eigenvalue weighted by atomic mass is 16.5. The summed E-state index contributed by atoms with van der Waals surface area (Å²) in [5.74, 6) is 1.24. The molecule has 2 amide bonds. The Morgan fingerprint density at radius 1 is 0.921 bits per heavy atom. The fraction of sp³-hybridized carbons (Fsp3) is 0.500. The zero-order valence-corrected chi connectivity index (χ0v) is 23.3. The van der Waals surface area contributed by atoms with Crippen LogP contribution in [0.4, 0.5) is 0 Å². The number of ether oxygens (including phenoxy) is 1. The molecule has 0 unspecified atom stereocenters. The lowest BCUT2D eigenvalue weighted by Gasteiger charge is -2.36. The molecule has 2 aromatic carbocycles. The Bertz CT molecular complexity index is 1000. The number of hydrogen-bond donors (Lipinski definition) is 0. The molecule has 6 nitrogen and oxygen atoms in total. The standard InChI is InChI=1S/C32H45N3O3/c1-3-4-5-6-10-19-31(36)35-25-22-33(23-26-35)21-24-34(32(37)27-28-14-8-7-9-15-28)20-13-17-29-16-11-12-18-30(29)38-2/h7-9,11-18H,3-6,10,19-27H2,1-2H3. The first kappa shape index (κ1) is 29.4. The third-order valence-corrected chi connectivity index (χ3v) is 7.22. The Hall–Kier alpha value is -3.12. The van der Waals surface area contributed by atoms with E-state index in [1.54, 1.807) is 7.11 Å². The first-order chi connectivity index (χ1) is 18.6. The van der Waals surface area contributed by atoms with Crippen LogP contribution >= 0.6 is 0 Å². The van der Waals surface area contributed by atoms with E-state index in [0.29, 0.717) is 31.8 Å². The fourth-order valence-electron chi connectivity index (χ4n) is 4.83. The van der Waals surface area contributed by atoms with Gasteiger partial charge in [0.1, 0.15) is 5.75 Å². The third kappa shape index (κ3) is 9.97. The van der Waals surface area contributed by atoms with Gasteiger partial charge in [0.25, 0.3) is 0 Å². The van der Waals surface area contributed by atoms with E-state index >= 15 is 0 Å². The third-order valence-electron chi connectivity index (χ3n) is 7.22. The van der Waals surface area contributed by atoms with Crippen molar-refractivity contribution >= 4 is 17.9 Å². The normalized spacial score (nSPS) is 14.1. The van der Waals surface area contributed by atoms with E-state index in [-0.39, 0.29) is 5.91 Å². The van der Waals surface area contributed by atoms with Crippen molar-refractivity contribution in [2.24, 2.45) is 0 Å². The van der Waals surface area contributed by atoms with Crippen molar-refractivity contribution in [1.29, 1.82) is 0 Å². The van der Waals surface area contributed by atoms with Crippen molar-refractivity contribution in [3.63, 3.8) is 0 Å². The molecule has 1 aliphatic rings. The van der Waals surface area contributed by atoms with Gasteiger partial charge in [-0.25, -0.2) is 0 Å². The summed E-state index contributed by atoms with van der Waals surface area (Å²) in [6.45, 7) is 7.50. The number of piperazine rings is 1. The van der Waals surface area contributed by atoms with Gasteiger partial charge in [-0.15, -0.1) is 0 Å². The number of benzene rings is 2. The van der Waals surface area contributed by atoms with Crippen LogP contribution in [0.2, 0.25) is 0 Å². The number of carbonyl (C=O) groups excluding carboxylic acids is 2. The van der Waals surface area contributed by atoms with Crippen LogP contribution in [0.15, 0.2) is 60.7 Å². The predicted molar refractivity (Wildman–Crippen MR) is 155 cm³/mol. The highest BCUT2D eigenvalue weighted by molar-refractivity contribution is 5.79. The van der Waals surface area contributed by atoms with E-state index < -0.39 is 0 Å². The van der Waals surface area contributed by atoms with Gasteiger partial charge in [0, 0.05) is 57.8 Å². The van der Waals surface area contributed by atoms with Crippen molar-refractivity contribution in [3.8, 4) is 5.75 Å². The molecule has 3 rings (SSSR count). The van der Waals surface area contributed by atoms with Crippen LogP contribution in [0.25, 0.3) is 6.08 Å². The van der Waals surface area contributed by atoms with Gasteiger partial charge in [0.05, 0.1) is 13.5 Å². The molecule has 0 spiro atoms. The van der Waals surface area contributed by atoms with Crippen molar-refractivity contribution < 1.29 is 14.3 Å². The topological polar surface area (TPSA) is 53.1 Å². The van der Waals surface area contributed by atoms with Crippen molar-refractivity contribution in [2.75, 3.05) is 52.9 Å². The quantitative estimate of drug-likeness (QED) is 0.300. The van der Waals surface area contributed by atoms with Crippen molar-refractivity contribution in [1.82, 2.24) is 14.7 Å². The number of unbranched alkanes of at least 4 members (excludes halogenated alkanes) is 4. The number of nitrogens with zero attached hydrogens (tertiary/aromatic N) is 3. The molecule has 0 radical (unpaired) electrons. The van der Waals surface area contributed by atoms with Crippen LogP contribution in [-0.2, 0) is 16.0 Å². The molecular weight excluding hydrogens is 474 g/mol. The second-order valence-electron chi connectivity index (χ2n) is 10.0. The number of hydrogen-bond acceptors (Lipinski definition) is 4. The van der Waals surface area contributed by atoms with Gasteiger partial charge in [-0.3, -0.25) is 14.5 Å². The maximum atomic E-state index is 13.3. The van der Waals surface area contributed by atoms with E-state index in [0.717, 1.165) is 62.4 Å². The van der Waals surface area contributed by atoms with Gasteiger partial charge in [-0.2, -0.15) is 0 Å². The minimum Gasteiger partial charge on any atom is -0.496 e. The molecule has 0 saturated carbocycles. The molecule has 38 heavy (non-hydrogen) atoms. The summed E-state index contributed by atoms with van der Waals surface area (Å²) in [5, 5.41) is 0. The monoisotopic (exact) mass is 519 g/mol. The molecule has 0 bridgehead atoms. The molecule has 0 N–H and O–H groups in total. The lowest BCUT2D eigenvalue weighted by Crippen LogP contribution is -2.50. The van der Waals surface area contributed by atoms with E-state index in [1.807, 2.05) is 76.5 Å². The van der Waals surface area contributed by atoms with Gasteiger partial charge in [-0.1, -0.05) is 93.3 Å². The van der Waals surface area contributed by atoms with Crippen LogP contribution in [0.5, 0.6) is 5.75 Å². The summed E-state index contributed by atoms with van der Waals surface area (Å²) in [5.41, 5.74) is 2.02. The average Bonchev–Trinajstić information content (AvgIpc) is 2.95. The molecule has 1 saturated heterocycles. The highest BCUT2D eigenvalue weighted by Gasteiger charge is 2.22. The Morgan fingerprint density at radius 3 is 2.37 bits per heavy atom. The maximum Gasteiger partial charge on any atom is 0.227 e.